The third kappa shape index (κ3) is 1.94. The summed E-state index contributed by atoms with van der Waals surface area (Å²) in [5.74, 6) is -0.438. The summed E-state index contributed by atoms with van der Waals surface area (Å²) in [6.45, 7) is 0. The maximum Gasteiger partial charge on any atom is 0.159 e. The second kappa shape index (κ2) is 3.39. The van der Waals surface area contributed by atoms with E-state index in [1.54, 1.807) is 0 Å². The molecule has 11 heavy (non-hydrogen) atoms. The maximum atomic E-state index is 12.2. The normalized spacial score (nSPS) is 12.5. The van der Waals surface area contributed by atoms with Gasteiger partial charge in [-0.25, -0.2) is 14.4 Å². The van der Waals surface area contributed by atoms with Crippen LogP contribution in [-0.4, -0.2) is 16.3 Å². The average molecular weight is 175 g/mol. The van der Waals surface area contributed by atoms with Gasteiger partial charge >= 0.3 is 0 Å². The van der Waals surface area contributed by atoms with E-state index in [9.17, 15) is 9.18 Å². The predicted molar refractivity (Wildman–Crippen MR) is 36.6 cm³/mol. The first-order valence-corrected chi connectivity index (χ1v) is 3.24. The molecule has 0 aliphatic heterocycles. The molecular weight excluding hydrogens is 171 g/mol. The van der Waals surface area contributed by atoms with Crippen molar-refractivity contribution in [2.75, 3.05) is 0 Å². The van der Waals surface area contributed by atoms with Gasteiger partial charge in [-0.15, -0.1) is 11.6 Å². The number of hydrogen-bond acceptors (Lipinski definition) is 3. The molecule has 0 unspecified atom stereocenters. The van der Waals surface area contributed by atoms with E-state index in [0.29, 0.717) is 6.29 Å². The summed E-state index contributed by atoms with van der Waals surface area (Å²) in [6, 6.07) is 0. The van der Waals surface area contributed by atoms with Gasteiger partial charge in [0, 0.05) is 0 Å². The van der Waals surface area contributed by atoms with Crippen molar-refractivity contribution >= 4 is 17.9 Å². The molecule has 0 aliphatic carbocycles. The van der Waals surface area contributed by atoms with Gasteiger partial charge in [0.1, 0.15) is 11.7 Å². The Morgan fingerprint density at radius 3 is 2.55 bits per heavy atom. The van der Waals surface area contributed by atoms with E-state index in [4.69, 9.17) is 11.6 Å². The van der Waals surface area contributed by atoms with Gasteiger partial charge in [0.2, 0.25) is 0 Å². The van der Waals surface area contributed by atoms with Crippen LogP contribution in [0.4, 0.5) is 4.39 Å². The lowest BCUT2D eigenvalue weighted by atomic mass is 10.4. The van der Waals surface area contributed by atoms with E-state index in [2.05, 4.69) is 9.97 Å². The number of aromatic nitrogens is 2. The van der Waals surface area contributed by atoms with Gasteiger partial charge in [-0.3, -0.25) is 0 Å². The van der Waals surface area contributed by atoms with Crippen LogP contribution in [0.25, 0.3) is 0 Å². The predicted octanol–water partition coefficient (Wildman–Crippen LogP) is 1.09. The number of nitrogens with zero attached hydrogens (tertiary/aromatic N) is 2. The topological polar surface area (TPSA) is 42.9 Å². The van der Waals surface area contributed by atoms with E-state index < -0.39 is 11.2 Å². The van der Waals surface area contributed by atoms with Crippen LogP contribution >= 0.6 is 11.6 Å². The molecule has 0 fully saturated rings. The van der Waals surface area contributed by atoms with Gasteiger partial charge in [0.25, 0.3) is 0 Å². The lowest BCUT2D eigenvalue weighted by molar-refractivity contribution is -0.107. The third-order valence-corrected chi connectivity index (χ3v) is 1.30. The van der Waals surface area contributed by atoms with Crippen LogP contribution in [-0.2, 0) is 4.79 Å². The minimum absolute atomic E-state index is 0.114. The average Bonchev–Trinajstić information content (AvgIpc) is 2.05. The Balaban J connectivity index is 2.89. The summed E-state index contributed by atoms with van der Waals surface area (Å²) in [7, 11) is 0. The number of rotatable bonds is 2. The first-order chi connectivity index (χ1) is 5.24. The highest BCUT2D eigenvalue weighted by atomic mass is 35.5. The molecule has 3 nitrogen and oxygen atoms in total. The van der Waals surface area contributed by atoms with Crippen molar-refractivity contribution in [3.63, 3.8) is 0 Å². The Labute approximate surface area is 67.2 Å². The quantitative estimate of drug-likeness (QED) is 0.498. The number of alkyl halides is 1. The maximum absolute atomic E-state index is 12.2. The van der Waals surface area contributed by atoms with E-state index in [0.717, 1.165) is 12.4 Å². The van der Waals surface area contributed by atoms with Crippen molar-refractivity contribution in [1.29, 1.82) is 0 Å². The zero-order valence-corrected chi connectivity index (χ0v) is 6.12. The molecule has 0 radical (unpaired) electrons. The lowest BCUT2D eigenvalue weighted by Gasteiger charge is -1.97. The van der Waals surface area contributed by atoms with Gasteiger partial charge in [0.15, 0.2) is 11.6 Å². The zero-order chi connectivity index (χ0) is 8.27. The lowest BCUT2D eigenvalue weighted by Crippen LogP contribution is -1.99. The van der Waals surface area contributed by atoms with Crippen LogP contribution in [0, 0.1) is 5.82 Å². The molecule has 0 spiro atoms. The van der Waals surface area contributed by atoms with Crippen molar-refractivity contribution in [3.05, 3.63) is 24.0 Å². The molecule has 0 bridgehead atoms. The van der Waals surface area contributed by atoms with Crippen LogP contribution in [0.5, 0.6) is 0 Å². The largest absolute Gasteiger partial charge is 0.301 e. The van der Waals surface area contributed by atoms with E-state index in [-0.39, 0.29) is 5.82 Å². The van der Waals surface area contributed by atoms with Crippen molar-refractivity contribution in [1.82, 2.24) is 9.97 Å². The number of carbonyl (C=O) groups excluding carboxylic acids is 1. The minimum Gasteiger partial charge on any atom is -0.301 e. The third-order valence-electron chi connectivity index (χ3n) is 1.01. The zero-order valence-electron chi connectivity index (χ0n) is 5.37. The summed E-state index contributed by atoms with van der Waals surface area (Å²) in [4.78, 5) is 17.1. The molecule has 1 atom stereocenters. The van der Waals surface area contributed by atoms with Crippen LogP contribution in [0.2, 0.25) is 0 Å². The van der Waals surface area contributed by atoms with Gasteiger partial charge < -0.3 is 4.79 Å². The Morgan fingerprint density at radius 2 is 2.09 bits per heavy atom. The number of hydrogen-bond donors (Lipinski definition) is 0. The van der Waals surface area contributed by atoms with Crippen molar-refractivity contribution in [2.45, 2.75) is 5.38 Å². The SMILES string of the molecule is O=C[C@@H](Cl)c1ncc(F)cn1. The fourth-order valence-corrected chi connectivity index (χ4v) is 0.638. The molecule has 0 saturated carbocycles. The Kier molecular flexibility index (Phi) is 2.48. The molecule has 0 aliphatic rings. The number of aldehydes is 1. The highest BCUT2D eigenvalue weighted by Crippen LogP contribution is 2.11. The monoisotopic (exact) mass is 174 g/mol. The molecule has 0 N–H and O–H groups in total. The second-order valence-electron chi connectivity index (χ2n) is 1.80. The first-order valence-electron chi connectivity index (χ1n) is 2.81. The summed E-state index contributed by atoms with van der Waals surface area (Å²) < 4.78 is 12.2. The van der Waals surface area contributed by atoms with Crippen LogP contribution in [0.3, 0.4) is 0 Å². The molecule has 58 valence electrons. The first kappa shape index (κ1) is 8.07. The summed E-state index contributed by atoms with van der Waals surface area (Å²) >= 11 is 5.43. The molecular formula is C6H4ClFN2O. The number of carbonyl (C=O) groups is 1. The highest BCUT2D eigenvalue weighted by Gasteiger charge is 2.08. The van der Waals surface area contributed by atoms with Gasteiger partial charge in [0.05, 0.1) is 12.4 Å². The number of halogens is 2. The van der Waals surface area contributed by atoms with E-state index in [1.807, 2.05) is 0 Å². The Hall–Kier alpha value is -1.03. The van der Waals surface area contributed by atoms with Crippen molar-refractivity contribution in [2.24, 2.45) is 0 Å². The fourth-order valence-electron chi connectivity index (χ4n) is 0.526. The van der Waals surface area contributed by atoms with E-state index >= 15 is 0 Å². The molecule has 0 aromatic carbocycles. The van der Waals surface area contributed by atoms with Crippen LogP contribution in [0.15, 0.2) is 12.4 Å². The molecule has 1 aromatic rings. The van der Waals surface area contributed by atoms with Crippen LogP contribution in [0.1, 0.15) is 11.2 Å². The van der Waals surface area contributed by atoms with Gasteiger partial charge in [-0.1, -0.05) is 0 Å². The summed E-state index contributed by atoms with van der Waals surface area (Å²) in [5, 5.41) is -0.893. The molecule has 1 rings (SSSR count). The second-order valence-corrected chi connectivity index (χ2v) is 2.27. The molecule has 1 aromatic heterocycles. The van der Waals surface area contributed by atoms with Crippen molar-refractivity contribution in [3.8, 4) is 0 Å². The van der Waals surface area contributed by atoms with E-state index in [1.165, 1.54) is 0 Å². The standard InChI is InChI=1S/C6H4ClFN2O/c7-5(3-11)6-9-1-4(8)2-10-6/h1-3,5H/t5-/m1/s1. The molecule has 1 heterocycles. The molecule has 0 amide bonds. The van der Waals surface area contributed by atoms with Gasteiger partial charge in [-0.05, 0) is 0 Å². The summed E-state index contributed by atoms with van der Waals surface area (Å²) in [5.41, 5.74) is 0. The van der Waals surface area contributed by atoms with Gasteiger partial charge in [-0.2, -0.15) is 0 Å². The van der Waals surface area contributed by atoms with Crippen molar-refractivity contribution < 1.29 is 9.18 Å². The minimum atomic E-state index is -0.893. The molecule has 5 heteroatoms. The Morgan fingerprint density at radius 1 is 1.55 bits per heavy atom. The smallest absolute Gasteiger partial charge is 0.159 e. The highest BCUT2D eigenvalue weighted by molar-refractivity contribution is 6.27. The fraction of sp³-hybridized carbons (Fsp3) is 0.167. The van der Waals surface area contributed by atoms with Crippen LogP contribution < -0.4 is 0 Å². The molecule has 0 saturated heterocycles. The Bertz CT molecular complexity index is 251. The summed E-state index contributed by atoms with van der Waals surface area (Å²) in [6.07, 6.45) is 2.40.